The Morgan fingerprint density at radius 1 is 0.923 bits per heavy atom. The Labute approximate surface area is 154 Å². The van der Waals surface area contributed by atoms with Crippen LogP contribution >= 0.6 is 0 Å². The first-order valence-corrected chi connectivity index (χ1v) is 8.48. The van der Waals surface area contributed by atoms with Gasteiger partial charge in [-0.25, -0.2) is 9.59 Å². The summed E-state index contributed by atoms with van der Waals surface area (Å²) in [5, 5.41) is 0. The van der Waals surface area contributed by atoms with Crippen molar-refractivity contribution in [1.29, 1.82) is 0 Å². The number of ether oxygens (including phenoxy) is 2. The van der Waals surface area contributed by atoms with E-state index >= 15 is 0 Å². The predicted octanol–water partition coefficient (Wildman–Crippen LogP) is 4.66. The van der Waals surface area contributed by atoms with Gasteiger partial charge in [0.05, 0.1) is 7.11 Å². The number of rotatable bonds is 4. The first-order chi connectivity index (χ1) is 12.2. The minimum atomic E-state index is -0.808. The smallest absolute Gasteiger partial charge is 0.415 e. The molecule has 2 aromatic rings. The SMILES string of the molecule is COC(=O)[C@@H](C)N(C(=O)OC(C)(C)C)c1ccc(-c2ccccc2)cc1. The van der Waals surface area contributed by atoms with E-state index < -0.39 is 23.7 Å². The second-order valence-electron chi connectivity index (χ2n) is 6.96. The molecule has 0 bridgehead atoms. The van der Waals surface area contributed by atoms with Gasteiger partial charge in [0.2, 0.25) is 0 Å². The Bertz CT molecular complexity index is 748. The average molecular weight is 355 g/mol. The average Bonchev–Trinajstić information content (AvgIpc) is 2.61. The van der Waals surface area contributed by atoms with Gasteiger partial charge < -0.3 is 9.47 Å². The first kappa shape index (κ1) is 19.5. The van der Waals surface area contributed by atoms with E-state index in [1.54, 1.807) is 39.8 Å². The molecule has 26 heavy (non-hydrogen) atoms. The van der Waals surface area contributed by atoms with E-state index in [4.69, 9.17) is 9.47 Å². The lowest BCUT2D eigenvalue weighted by Crippen LogP contribution is -2.46. The van der Waals surface area contributed by atoms with Gasteiger partial charge in [0.1, 0.15) is 11.6 Å². The molecule has 0 spiro atoms. The van der Waals surface area contributed by atoms with Crippen molar-refractivity contribution in [2.45, 2.75) is 39.3 Å². The van der Waals surface area contributed by atoms with Crippen LogP contribution in [0.5, 0.6) is 0 Å². The van der Waals surface area contributed by atoms with Crippen LogP contribution in [-0.2, 0) is 14.3 Å². The largest absolute Gasteiger partial charge is 0.467 e. The van der Waals surface area contributed by atoms with Gasteiger partial charge in [-0.05, 0) is 51.0 Å². The number of hydrogen-bond acceptors (Lipinski definition) is 4. The maximum atomic E-state index is 12.7. The van der Waals surface area contributed by atoms with Gasteiger partial charge in [0, 0.05) is 5.69 Å². The molecule has 0 heterocycles. The van der Waals surface area contributed by atoms with Crippen molar-refractivity contribution >= 4 is 17.7 Å². The Hall–Kier alpha value is -2.82. The summed E-state index contributed by atoms with van der Waals surface area (Å²) < 4.78 is 10.3. The summed E-state index contributed by atoms with van der Waals surface area (Å²) in [4.78, 5) is 26.0. The lowest BCUT2D eigenvalue weighted by atomic mass is 10.1. The lowest BCUT2D eigenvalue weighted by Gasteiger charge is -2.30. The molecule has 0 aliphatic rings. The quantitative estimate of drug-likeness (QED) is 0.749. The zero-order chi connectivity index (χ0) is 19.3. The minimum Gasteiger partial charge on any atom is -0.467 e. The van der Waals surface area contributed by atoms with Crippen LogP contribution < -0.4 is 4.90 Å². The standard InChI is InChI=1S/C21H25NO4/c1-15(19(23)25-5)22(20(24)26-21(2,3)4)18-13-11-17(12-14-18)16-9-7-6-8-10-16/h6-15H,1-5H3/t15-/m1/s1. The molecule has 5 nitrogen and oxygen atoms in total. The fourth-order valence-corrected chi connectivity index (χ4v) is 2.52. The van der Waals surface area contributed by atoms with Gasteiger partial charge in [-0.2, -0.15) is 0 Å². The van der Waals surface area contributed by atoms with Crippen LogP contribution in [0.1, 0.15) is 27.7 Å². The third-order valence-corrected chi connectivity index (χ3v) is 3.77. The number of esters is 1. The fraction of sp³-hybridized carbons (Fsp3) is 0.333. The van der Waals surface area contributed by atoms with Crippen molar-refractivity contribution in [3.8, 4) is 11.1 Å². The highest BCUT2D eigenvalue weighted by atomic mass is 16.6. The maximum Gasteiger partial charge on any atom is 0.415 e. The van der Waals surface area contributed by atoms with Crippen LogP contribution in [0.3, 0.4) is 0 Å². The number of nitrogens with zero attached hydrogens (tertiary/aromatic N) is 1. The summed E-state index contributed by atoms with van der Waals surface area (Å²) in [5.41, 5.74) is 1.99. The molecule has 0 radical (unpaired) electrons. The molecule has 0 N–H and O–H groups in total. The Kier molecular flexibility index (Phi) is 6.03. The monoisotopic (exact) mass is 355 g/mol. The fourth-order valence-electron chi connectivity index (χ4n) is 2.52. The summed E-state index contributed by atoms with van der Waals surface area (Å²) in [5.74, 6) is -0.511. The van der Waals surface area contributed by atoms with E-state index in [0.29, 0.717) is 5.69 Å². The summed E-state index contributed by atoms with van der Waals surface area (Å²) in [7, 11) is 1.30. The highest BCUT2D eigenvalue weighted by molar-refractivity contribution is 5.95. The van der Waals surface area contributed by atoms with Gasteiger partial charge in [0.25, 0.3) is 0 Å². The molecule has 0 saturated heterocycles. The Balaban J connectivity index is 2.35. The van der Waals surface area contributed by atoms with E-state index in [1.807, 2.05) is 42.5 Å². The van der Waals surface area contributed by atoms with E-state index in [-0.39, 0.29) is 0 Å². The summed E-state index contributed by atoms with van der Waals surface area (Å²) >= 11 is 0. The third kappa shape index (κ3) is 4.85. The zero-order valence-electron chi connectivity index (χ0n) is 15.9. The van der Waals surface area contributed by atoms with E-state index in [1.165, 1.54) is 12.0 Å². The van der Waals surface area contributed by atoms with Crippen LogP contribution in [-0.4, -0.2) is 30.8 Å². The molecule has 2 aromatic carbocycles. The van der Waals surface area contributed by atoms with E-state index in [9.17, 15) is 9.59 Å². The minimum absolute atomic E-state index is 0.511. The van der Waals surface area contributed by atoms with Crippen LogP contribution in [0.2, 0.25) is 0 Å². The van der Waals surface area contributed by atoms with Crippen molar-refractivity contribution in [1.82, 2.24) is 0 Å². The van der Waals surface area contributed by atoms with Gasteiger partial charge in [-0.1, -0.05) is 42.5 Å². The number of methoxy groups -OCH3 is 1. The van der Waals surface area contributed by atoms with Crippen LogP contribution in [0, 0.1) is 0 Å². The van der Waals surface area contributed by atoms with Crippen molar-refractivity contribution in [2.24, 2.45) is 0 Å². The lowest BCUT2D eigenvalue weighted by molar-refractivity contribution is -0.141. The number of carbonyl (C=O) groups is 2. The molecule has 0 saturated carbocycles. The normalized spacial score (nSPS) is 12.2. The van der Waals surface area contributed by atoms with Gasteiger partial charge in [-0.3, -0.25) is 4.90 Å². The molecule has 138 valence electrons. The summed E-state index contributed by atoms with van der Waals surface area (Å²) in [6.07, 6.45) is -0.595. The predicted molar refractivity (Wildman–Crippen MR) is 102 cm³/mol. The topological polar surface area (TPSA) is 55.8 Å². The molecule has 0 unspecified atom stereocenters. The summed E-state index contributed by atoms with van der Waals surface area (Å²) in [6, 6.07) is 16.5. The molecule has 1 amide bonds. The van der Waals surface area contributed by atoms with Gasteiger partial charge >= 0.3 is 12.1 Å². The summed E-state index contributed by atoms with van der Waals surface area (Å²) in [6.45, 7) is 6.96. The second kappa shape index (κ2) is 8.04. The van der Waals surface area contributed by atoms with Crippen molar-refractivity contribution in [2.75, 3.05) is 12.0 Å². The van der Waals surface area contributed by atoms with Crippen molar-refractivity contribution < 1.29 is 19.1 Å². The number of carbonyl (C=O) groups excluding carboxylic acids is 2. The molecule has 0 fully saturated rings. The van der Waals surface area contributed by atoms with Crippen molar-refractivity contribution in [3.63, 3.8) is 0 Å². The molecular weight excluding hydrogens is 330 g/mol. The molecule has 1 atom stereocenters. The molecule has 0 aliphatic heterocycles. The molecular formula is C21H25NO4. The highest BCUT2D eigenvalue weighted by Gasteiger charge is 2.31. The number of hydrogen-bond donors (Lipinski definition) is 0. The van der Waals surface area contributed by atoms with Gasteiger partial charge in [-0.15, -0.1) is 0 Å². The Morgan fingerprint density at radius 3 is 1.96 bits per heavy atom. The van der Waals surface area contributed by atoms with Crippen LogP contribution in [0.4, 0.5) is 10.5 Å². The number of amides is 1. The number of benzene rings is 2. The first-order valence-electron chi connectivity index (χ1n) is 8.48. The number of anilines is 1. The third-order valence-electron chi connectivity index (χ3n) is 3.77. The Morgan fingerprint density at radius 2 is 1.46 bits per heavy atom. The second-order valence-corrected chi connectivity index (χ2v) is 6.96. The van der Waals surface area contributed by atoms with Crippen molar-refractivity contribution in [3.05, 3.63) is 54.6 Å². The molecule has 0 aromatic heterocycles. The van der Waals surface area contributed by atoms with Crippen LogP contribution in [0.15, 0.2) is 54.6 Å². The highest BCUT2D eigenvalue weighted by Crippen LogP contribution is 2.26. The molecule has 5 heteroatoms. The van der Waals surface area contributed by atoms with Gasteiger partial charge in [0.15, 0.2) is 0 Å². The van der Waals surface area contributed by atoms with E-state index in [2.05, 4.69) is 0 Å². The molecule has 0 aliphatic carbocycles. The van der Waals surface area contributed by atoms with E-state index in [0.717, 1.165) is 11.1 Å². The van der Waals surface area contributed by atoms with Crippen LogP contribution in [0.25, 0.3) is 11.1 Å². The molecule has 2 rings (SSSR count). The maximum absolute atomic E-state index is 12.7. The zero-order valence-corrected chi connectivity index (χ0v) is 15.9.